The van der Waals surface area contributed by atoms with E-state index in [-0.39, 0.29) is 0 Å². The maximum Gasteiger partial charge on any atom is 0.0206 e. The van der Waals surface area contributed by atoms with Gasteiger partial charge in [0.25, 0.3) is 0 Å². The van der Waals surface area contributed by atoms with E-state index in [2.05, 4.69) is 44.4 Å². The lowest BCUT2D eigenvalue weighted by molar-refractivity contribution is 0.271. The van der Waals surface area contributed by atoms with Crippen LogP contribution in [0.15, 0.2) is 24.4 Å². The van der Waals surface area contributed by atoms with Gasteiger partial charge in [-0.05, 0) is 55.8 Å². The molecule has 19 heavy (non-hydrogen) atoms. The van der Waals surface area contributed by atoms with Gasteiger partial charge in [-0.15, -0.1) is 0 Å². The van der Waals surface area contributed by atoms with Gasteiger partial charge in [0.05, 0.1) is 0 Å². The van der Waals surface area contributed by atoms with Gasteiger partial charge < -0.3 is 4.90 Å². The zero-order valence-electron chi connectivity index (χ0n) is 13.1. The molecule has 2 rings (SSSR count). The molecule has 1 fully saturated rings. The van der Waals surface area contributed by atoms with Gasteiger partial charge in [-0.2, -0.15) is 0 Å². The van der Waals surface area contributed by atoms with Crippen molar-refractivity contribution in [3.05, 3.63) is 24.4 Å². The molecule has 3 unspecified atom stereocenters. The highest BCUT2D eigenvalue weighted by Gasteiger charge is 2.43. The molecule has 0 amide bonds. The van der Waals surface area contributed by atoms with Crippen LogP contribution in [0.1, 0.15) is 52.9 Å². The van der Waals surface area contributed by atoms with Crippen molar-refractivity contribution in [3.63, 3.8) is 0 Å². The number of allylic oxidation sites excluding steroid dienone is 3. The summed E-state index contributed by atoms with van der Waals surface area (Å²) in [6.45, 7) is 13.6. The molecule has 3 atom stereocenters. The van der Waals surface area contributed by atoms with Gasteiger partial charge in [-0.1, -0.05) is 39.5 Å². The van der Waals surface area contributed by atoms with Crippen LogP contribution in [0.5, 0.6) is 0 Å². The summed E-state index contributed by atoms with van der Waals surface area (Å²) in [6.07, 6.45) is 11.4. The summed E-state index contributed by atoms with van der Waals surface area (Å²) in [5.41, 5.74) is 1.34. The third-order valence-corrected chi connectivity index (χ3v) is 4.79. The highest BCUT2D eigenvalue weighted by molar-refractivity contribution is 5.02. The van der Waals surface area contributed by atoms with Crippen LogP contribution in [0.2, 0.25) is 0 Å². The van der Waals surface area contributed by atoms with Gasteiger partial charge in [0, 0.05) is 18.8 Å². The average molecular weight is 261 g/mol. The second-order valence-corrected chi connectivity index (χ2v) is 6.92. The lowest BCUT2D eigenvalue weighted by Gasteiger charge is -2.29. The molecule has 0 aliphatic heterocycles. The summed E-state index contributed by atoms with van der Waals surface area (Å²) >= 11 is 0. The zero-order valence-corrected chi connectivity index (χ0v) is 13.1. The standard InChI is InChI=1S/C18H31N/c1-5-15(4)19(12-14(2)3)13-17-11-18(17)16-9-7-6-8-10-16/h6-7,14,16-18H,4-5,8-13H2,1-3H3. The van der Waals surface area contributed by atoms with Gasteiger partial charge in [-0.25, -0.2) is 0 Å². The summed E-state index contributed by atoms with van der Waals surface area (Å²) in [7, 11) is 0. The van der Waals surface area contributed by atoms with Crippen molar-refractivity contribution in [2.45, 2.75) is 52.9 Å². The highest BCUT2D eigenvalue weighted by Crippen LogP contribution is 2.49. The molecule has 0 radical (unpaired) electrons. The smallest absolute Gasteiger partial charge is 0.0206 e. The quantitative estimate of drug-likeness (QED) is 0.592. The van der Waals surface area contributed by atoms with Crippen LogP contribution >= 0.6 is 0 Å². The first-order valence-electron chi connectivity index (χ1n) is 8.19. The minimum absolute atomic E-state index is 0.734. The van der Waals surface area contributed by atoms with E-state index in [1.807, 2.05) is 0 Å². The van der Waals surface area contributed by atoms with Crippen LogP contribution in [-0.4, -0.2) is 18.0 Å². The Bertz CT molecular complexity index is 329. The Morgan fingerprint density at radius 1 is 1.37 bits per heavy atom. The van der Waals surface area contributed by atoms with Crippen LogP contribution in [0, 0.1) is 23.7 Å². The zero-order chi connectivity index (χ0) is 13.8. The van der Waals surface area contributed by atoms with E-state index in [1.54, 1.807) is 0 Å². The predicted octanol–water partition coefficient (Wildman–Crippen LogP) is 4.86. The molecule has 0 spiro atoms. The van der Waals surface area contributed by atoms with Crippen LogP contribution in [0.25, 0.3) is 0 Å². The summed E-state index contributed by atoms with van der Waals surface area (Å²) in [6, 6.07) is 0. The predicted molar refractivity (Wildman–Crippen MR) is 83.9 cm³/mol. The summed E-state index contributed by atoms with van der Waals surface area (Å²) in [5, 5.41) is 0. The first-order valence-corrected chi connectivity index (χ1v) is 8.19. The summed E-state index contributed by atoms with van der Waals surface area (Å²) in [5.74, 6) is 3.66. The Kier molecular flexibility index (Phi) is 5.13. The highest BCUT2D eigenvalue weighted by atomic mass is 15.1. The summed E-state index contributed by atoms with van der Waals surface area (Å²) < 4.78 is 0. The van der Waals surface area contributed by atoms with Crippen LogP contribution in [-0.2, 0) is 0 Å². The number of hydrogen-bond acceptors (Lipinski definition) is 1. The molecule has 108 valence electrons. The van der Waals surface area contributed by atoms with Gasteiger partial charge >= 0.3 is 0 Å². The number of hydrogen-bond donors (Lipinski definition) is 0. The monoisotopic (exact) mass is 261 g/mol. The van der Waals surface area contributed by atoms with Crippen molar-refractivity contribution >= 4 is 0 Å². The molecule has 1 saturated carbocycles. The number of rotatable bonds is 7. The van der Waals surface area contributed by atoms with E-state index < -0.39 is 0 Å². The Morgan fingerprint density at radius 3 is 2.74 bits per heavy atom. The third-order valence-electron chi connectivity index (χ3n) is 4.79. The fraction of sp³-hybridized carbons (Fsp3) is 0.778. The van der Waals surface area contributed by atoms with Gasteiger partial charge in [-0.3, -0.25) is 0 Å². The molecule has 0 bridgehead atoms. The first kappa shape index (κ1) is 14.7. The van der Waals surface area contributed by atoms with Crippen molar-refractivity contribution in [3.8, 4) is 0 Å². The van der Waals surface area contributed by atoms with Crippen molar-refractivity contribution in [2.75, 3.05) is 13.1 Å². The Morgan fingerprint density at radius 2 is 2.16 bits per heavy atom. The third kappa shape index (κ3) is 4.12. The molecular weight excluding hydrogens is 230 g/mol. The lowest BCUT2D eigenvalue weighted by atomic mass is 9.89. The molecule has 2 aliphatic rings. The lowest BCUT2D eigenvalue weighted by Crippen LogP contribution is -2.29. The largest absolute Gasteiger partial charge is 0.375 e. The molecule has 0 aromatic carbocycles. The van der Waals surface area contributed by atoms with E-state index in [1.165, 1.54) is 44.5 Å². The van der Waals surface area contributed by atoms with Crippen molar-refractivity contribution in [1.29, 1.82) is 0 Å². The molecular formula is C18H31N. The second kappa shape index (κ2) is 6.63. The van der Waals surface area contributed by atoms with Crippen LogP contribution in [0.3, 0.4) is 0 Å². The summed E-state index contributed by atoms with van der Waals surface area (Å²) in [4.78, 5) is 2.56. The van der Waals surface area contributed by atoms with Crippen molar-refractivity contribution in [2.24, 2.45) is 23.7 Å². The molecule has 0 heterocycles. The van der Waals surface area contributed by atoms with E-state index in [9.17, 15) is 0 Å². The van der Waals surface area contributed by atoms with E-state index in [0.29, 0.717) is 0 Å². The van der Waals surface area contributed by atoms with Crippen molar-refractivity contribution < 1.29 is 0 Å². The van der Waals surface area contributed by atoms with Crippen LogP contribution < -0.4 is 0 Å². The molecule has 0 N–H and O–H groups in total. The number of nitrogens with zero attached hydrogens (tertiary/aromatic N) is 1. The maximum absolute atomic E-state index is 4.26. The van der Waals surface area contributed by atoms with Gasteiger partial charge in [0.1, 0.15) is 0 Å². The molecule has 0 aromatic rings. The van der Waals surface area contributed by atoms with Gasteiger partial charge in [0.15, 0.2) is 0 Å². The maximum atomic E-state index is 4.26. The van der Waals surface area contributed by atoms with E-state index in [0.717, 1.165) is 30.1 Å². The fourth-order valence-electron chi connectivity index (χ4n) is 3.54. The minimum atomic E-state index is 0.734. The molecule has 0 saturated heterocycles. The average Bonchev–Trinajstić information content (AvgIpc) is 3.17. The Balaban J connectivity index is 1.82. The minimum Gasteiger partial charge on any atom is -0.375 e. The molecule has 2 aliphatic carbocycles. The van der Waals surface area contributed by atoms with Gasteiger partial charge in [0.2, 0.25) is 0 Å². The van der Waals surface area contributed by atoms with E-state index in [4.69, 9.17) is 0 Å². The van der Waals surface area contributed by atoms with Crippen molar-refractivity contribution in [1.82, 2.24) is 4.90 Å². The fourth-order valence-corrected chi connectivity index (χ4v) is 3.54. The first-order chi connectivity index (χ1) is 9.11. The topological polar surface area (TPSA) is 3.24 Å². The second-order valence-electron chi connectivity index (χ2n) is 6.92. The van der Waals surface area contributed by atoms with E-state index >= 15 is 0 Å². The normalized spacial score (nSPS) is 29.6. The molecule has 1 heteroatoms. The Labute approximate surface area is 119 Å². The SMILES string of the molecule is C=C(CC)N(CC(C)C)CC1CC1C1CC=CCC1. The van der Waals surface area contributed by atoms with Crippen LogP contribution in [0.4, 0.5) is 0 Å². The Hall–Kier alpha value is -0.720. The molecule has 1 nitrogen and oxygen atoms in total. The molecule has 0 aromatic heterocycles.